The summed E-state index contributed by atoms with van der Waals surface area (Å²) < 4.78 is 23.9. The van der Waals surface area contributed by atoms with Crippen molar-refractivity contribution in [3.8, 4) is 0 Å². The van der Waals surface area contributed by atoms with E-state index in [0.717, 1.165) is 12.8 Å². The first-order valence-electron chi connectivity index (χ1n) is 5.97. The van der Waals surface area contributed by atoms with Gasteiger partial charge in [-0.25, -0.2) is 0 Å². The molecule has 0 rings (SSSR count). The van der Waals surface area contributed by atoms with Crippen molar-refractivity contribution in [2.75, 3.05) is 0 Å². The fourth-order valence-corrected chi connectivity index (χ4v) is 7.95. The molecule has 0 saturated heterocycles. The molecule has 6 heteroatoms. The Hall–Kier alpha value is 0.480. The van der Waals surface area contributed by atoms with Gasteiger partial charge < -0.3 is 0 Å². The van der Waals surface area contributed by atoms with Crippen molar-refractivity contribution in [2.24, 2.45) is 0 Å². The van der Waals surface area contributed by atoms with E-state index in [4.69, 9.17) is 0 Å². The van der Waals surface area contributed by atoms with Crippen LogP contribution in [-0.4, -0.2) is 17.6 Å². The normalized spacial score (nSPS) is 19.1. The summed E-state index contributed by atoms with van der Waals surface area (Å²) in [6.07, 6.45) is 5.33. The van der Waals surface area contributed by atoms with Crippen LogP contribution in [0.1, 0.15) is 40.5 Å². The molecule has 0 aliphatic rings. The fourth-order valence-electron chi connectivity index (χ4n) is 1.11. The lowest BCUT2D eigenvalue weighted by Crippen LogP contribution is -2.10. The molecule has 106 valence electrons. The van der Waals surface area contributed by atoms with Gasteiger partial charge in [-0.15, -0.1) is 0 Å². The van der Waals surface area contributed by atoms with Gasteiger partial charge in [-0.05, 0) is 37.5 Å². The molecule has 0 aromatic carbocycles. The SMILES string of the molecule is C/C=C\S(=O)C(CC)SSC(CC)S(=O)/C=C/C. The van der Waals surface area contributed by atoms with Crippen LogP contribution in [0.5, 0.6) is 0 Å². The van der Waals surface area contributed by atoms with E-state index >= 15 is 0 Å². The number of hydrogen-bond acceptors (Lipinski definition) is 4. The molecule has 0 fully saturated rings. The zero-order chi connectivity index (χ0) is 14.0. The van der Waals surface area contributed by atoms with Gasteiger partial charge in [0.25, 0.3) is 0 Å². The van der Waals surface area contributed by atoms with E-state index in [1.165, 1.54) is 0 Å². The lowest BCUT2D eigenvalue weighted by Gasteiger charge is -2.15. The summed E-state index contributed by atoms with van der Waals surface area (Å²) in [7, 11) is 1.29. The van der Waals surface area contributed by atoms with Gasteiger partial charge in [-0.3, -0.25) is 8.42 Å². The van der Waals surface area contributed by atoms with E-state index in [1.807, 2.05) is 39.8 Å². The predicted octanol–water partition coefficient (Wildman–Crippen LogP) is 4.40. The fraction of sp³-hybridized carbons (Fsp3) is 0.667. The van der Waals surface area contributed by atoms with Gasteiger partial charge in [0.2, 0.25) is 0 Å². The van der Waals surface area contributed by atoms with Crippen LogP contribution in [0.25, 0.3) is 0 Å². The number of rotatable bonds is 9. The molecule has 0 amide bonds. The van der Waals surface area contributed by atoms with Crippen molar-refractivity contribution in [3.63, 3.8) is 0 Å². The lowest BCUT2D eigenvalue weighted by atomic mass is 10.6. The molecule has 0 radical (unpaired) electrons. The Kier molecular flexibility index (Phi) is 11.6. The third-order valence-electron chi connectivity index (χ3n) is 2.00. The first-order chi connectivity index (χ1) is 8.60. The van der Waals surface area contributed by atoms with Crippen molar-refractivity contribution < 1.29 is 8.42 Å². The van der Waals surface area contributed by atoms with Crippen LogP contribution in [0.4, 0.5) is 0 Å². The quantitative estimate of drug-likeness (QED) is 0.588. The third-order valence-corrected chi connectivity index (χ3v) is 10.2. The van der Waals surface area contributed by atoms with Crippen LogP contribution >= 0.6 is 21.6 Å². The summed E-state index contributed by atoms with van der Waals surface area (Å²) in [5.74, 6) is 0. The summed E-state index contributed by atoms with van der Waals surface area (Å²) in [6, 6.07) is 0. The molecule has 0 aliphatic heterocycles. The van der Waals surface area contributed by atoms with Crippen molar-refractivity contribution in [2.45, 2.75) is 49.7 Å². The molecule has 4 unspecified atom stereocenters. The summed E-state index contributed by atoms with van der Waals surface area (Å²) in [4.78, 5) is 0. The highest BCUT2D eigenvalue weighted by Crippen LogP contribution is 2.37. The molecule has 2 nitrogen and oxygen atoms in total. The van der Waals surface area contributed by atoms with Crippen LogP contribution in [0.2, 0.25) is 0 Å². The van der Waals surface area contributed by atoms with Gasteiger partial charge in [0, 0.05) is 0 Å². The van der Waals surface area contributed by atoms with Crippen LogP contribution in [0.3, 0.4) is 0 Å². The van der Waals surface area contributed by atoms with E-state index in [2.05, 4.69) is 0 Å². The predicted molar refractivity (Wildman–Crippen MR) is 89.3 cm³/mol. The van der Waals surface area contributed by atoms with E-state index in [9.17, 15) is 8.42 Å². The molecule has 18 heavy (non-hydrogen) atoms. The second-order valence-electron chi connectivity index (χ2n) is 3.46. The van der Waals surface area contributed by atoms with Crippen molar-refractivity contribution >= 4 is 43.2 Å². The summed E-state index contributed by atoms with van der Waals surface area (Å²) in [5, 5.41) is 3.46. The minimum absolute atomic E-state index is 0.0721. The minimum atomic E-state index is -0.949. The van der Waals surface area contributed by atoms with E-state index in [0.29, 0.717) is 0 Å². The highest BCUT2D eigenvalue weighted by Gasteiger charge is 2.19. The average molecular weight is 327 g/mol. The van der Waals surface area contributed by atoms with E-state index < -0.39 is 21.6 Å². The molecular weight excluding hydrogens is 304 g/mol. The maximum Gasteiger partial charge on any atom is 0.0942 e. The van der Waals surface area contributed by atoms with Crippen LogP contribution in [0, 0.1) is 0 Å². The Balaban J connectivity index is 4.41. The Morgan fingerprint density at radius 1 is 0.889 bits per heavy atom. The Labute approximate surface area is 124 Å². The molecule has 0 bridgehead atoms. The summed E-state index contributed by atoms with van der Waals surface area (Å²) >= 11 is 0. The average Bonchev–Trinajstić information content (AvgIpc) is 2.35. The standard InChI is InChI=1S/C12H22O2S4/c1-5-9-17(13)11(7-3)15-16-12(8-4)18(14)10-6-2/h5-6,9-12H,7-8H2,1-4H3/b9-5-,10-6+. The third kappa shape index (κ3) is 7.16. The zero-order valence-electron chi connectivity index (χ0n) is 11.3. The summed E-state index contributed by atoms with van der Waals surface area (Å²) in [5.41, 5.74) is 0. The van der Waals surface area contributed by atoms with Crippen molar-refractivity contribution in [1.29, 1.82) is 0 Å². The highest BCUT2D eigenvalue weighted by molar-refractivity contribution is 8.79. The Morgan fingerprint density at radius 3 is 1.44 bits per heavy atom. The second-order valence-corrected chi connectivity index (χ2v) is 9.73. The van der Waals surface area contributed by atoms with Gasteiger partial charge in [-0.2, -0.15) is 0 Å². The minimum Gasteiger partial charge on any atom is -0.254 e. The molecule has 0 saturated carbocycles. The summed E-state index contributed by atoms with van der Waals surface area (Å²) in [6.45, 7) is 7.81. The molecule has 4 atom stereocenters. The van der Waals surface area contributed by atoms with Gasteiger partial charge in [-0.1, -0.05) is 47.6 Å². The van der Waals surface area contributed by atoms with E-state index in [1.54, 1.807) is 32.4 Å². The molecule has 0 aliphatic carbocycles. The molecule has 0 heterocycles. The van der Waals surface area contributed by atoms with Crippen LogP contribution < -0.4 is 0 Å². The molecule has 0 aromatic rings. The Bertz CT molecular complexity index is 294. The topological polar surface area (TPSA) is 34.1 Å². The molecule has 0 aromatic heterocycles. The van der Waals surface area contributed by atoms with Gasteiger partial charge >= 0.3 is 0 Å². The molecule has 0 N–H and O–H groups in total. The van der Waals surface area contributed by atoms with Gasteiger partial charge in [0.1, 0.15) is 0 Å². The first kappa shape index (κ1) is 18.5. The number of allylic oxidation sites excluding steroid dienone is 2. The maximum atomic E-state index is 11.9. The van der Waals surface area contributed by atoms with Crippen molar-refractivity contribution in [1.82, 2.24) is 0 Å². The smallest absolute Gasteiger partial charge is 0.0942 e. The Morgan fingerprint density at radius 2 is 1.22 bits per heavy atom. The zero-order valence-corrected chi connectivity index (χ0v) is 14.6. The monoisotopic (exact) mass is 326 g/mol. The van der Waals surface area contributed by atoms with Gasteiger partial charge in [0.05, 0.1) is 30.8 Å². The lowest BCUT2D eigenvalue weighted by molar-refractivity contribution is 0.684. The first-order valence-corrected chi connectivity index (χ1v) is 10.8. The van der Waals surface area contributed by atoms with Crippen molar-refractivity contribution in [3.05, 3.63) is 23.0 Å². The van der Waals surface area contributed by atoms with Crippen LogP contribution in [0.15, 0.2) is 23.0 Å². The van der Waals surface area contributed by atoms with Gasteiger partial charge in [0.15, 0.2) is 0 Å². The highest BCUT2D eigenvalue weighted by atomic mass is 33.1. The van der Waals surface area contributed by atoms with Crippen LogP contribution in [-0.2, 0) is 21.6 Å². The second kappa shape index (κ2) is 11.3. The number of hydrogen-bond donors (Lipinski definition) is 0. The van der Waals surface area contributed by atoms with E-state index in [-0.39, 0.29) is 9.16 Å². The maximum absolute atomic E-state index is 11.9. The molecule has 0 spiro atoms. The largest absolute Gasteiger partial charge is 0.254 e. The molecular formula is C12H22O2S4.